The molecule has 0 aliphatic carbocycles. The predicted octanol–water partition coefficient (Wildman–Crippen LogP) is 2.77. The van der Waals surface area contributed by atoms with E-state index in [2.05, 4.69) is 16.8 Å². The highest BCUT2D eigenvalue weighted by atomic mass is 32.1. The molecule has 0 bridgehead atoms. The summed E-state index contributed by atoms with van der Waals surface area (Å²) in [7, 11) is 2.18. The highest BCUT2D eigenvalue weighted by Gasteiger charge is 2.26. The smallest absolute Gasteiger partial charge is 0.163 e. The molecule has 0 spiro atoms. The van der Waals surface area contributed by atoms with Crippen molar-refractivity contribution in [2.75, 3.05) is 50.5 Å². The summed E-state index contributed by atoms with van der Waals surface area (Å²) in [6, 6.07) is 7.82. The van der Waals surface area contributed by atoms with Crippen LogP contribution in [0.5, 0.6) is 0 Å². The van der Waals surface area contributed by atoms with E-state index >= 15 is 0 Å². The van der Waals surface area contributed by atoms with Crippen molar-refractivity contribution < 1.29 is 4.74 Å². The fourth-order valence-electron chi connectivity index (χ4n) is 3.87. The van der Waals surface area contributed by atoms with Gasteiger partial charge in [0.25, 0.3) is 0 Å². The molecular weight excluding hydrogens is 358 g/mol. The number of anilines is 2. The van der Waals surface area contributed by atoms with Crippen molar-refractivity contribution in [3.63, 3.8) is 0 Å². The SMILES string of the molecule is CN1CCc2c(sc3nc(-c4ccc(N)cc4)nc(N4CCOCC4)c23)C1. The number of hydrogen-bond acceptors (Lipinski definition) is 7. The lowest BCUT2D eigenvalue weighted by atomic mass is 10.0. The summed E-state index contributed by atoms with van der Waals surface area (Å²) >= 11 is 1.82. The van der Waals surface area contributed by atoms with Gasteiger partial charge in [0.1, 0.15) is 10.6 Å². The first-order valence-electron chi connectivity index (χ1n) is 9.38. The van der Waals surface area contributed by atoms with Crippen LogP contribution in [-0.4, -0.2) is 54.8 Å². The van der Waals surface area contributed by atoms with Gasteiger partial charge >= 0.3 is 0 Å². The molecule has 3 aromatic rings. The number of thiophene rings is 1. The maximum Gasteiger partial charge on any atom is 0.163 e. The van der Waals surface area contributed by atoms with Crippen molar-refractivity contribution in [3.8, 4) is 11.4 Å². The van der Waals surface area contributed by atoms with E-state index in [1.54, 1.807) is 0 Å². The quantitative estimate of drug-likeness (QED) is 0.689. The maximum atomic E-state index is 5.86. The number of nitrogen functional groups attached to an aromatic ring is 1. The van der Waals surface area contributed by atoms with E-state index in [0.717, 1.165) is 73.5 Å². The number of fused-ring (bicyclic) bond motifs is 3. The highest BCUT2D eigenvalue weighted by molar-refractivity contribution is 7.19. The van der Waals surface area contributed by atoms with Gasteiger partial charge in [-0.2, -0.15) is 0 Å². The summed E-state index contributed by atoms with van der Waals surface area (Å²) in [6.45, 7) is 5.32. The summed E-state index contributed by atoms with van der Waals surface area (Å²) < 4.78 is 5.57. The molecule has 0 amide bonds. The Morgan fingerprint density at radius 2 is 1.85 bits per heavy atom. The number of nitrogens with zero attached hydrogens (tertiary/aromatic N) is 4. The minimum Gasteiger partial charge on any atom is -0.399 e. The summed E-state index contributed by atoms with van der Waals surface area (Å²) in [6.07, 6.45) is 1.06. The van der Waals surface area contributed by atoms with Gasteiger partial charge in [-0.15, -0.1) is 11.3 Å². The van der Waals surface area contributed by atoms with Crippen LogP contribution < -0.4 is 10.6 Å². The standard InChI is InChI=1S/C20H23N5OS/c1-24-7-6-15-16(12-24)27-20-17(15)19(25-8-10-26-11-9-25)22-18(23-20)13-2-4-14(21)5-3-13/h2-5H,6-12,21H2,1H3. The zero-order valence-electron chi connectivity index (χ0n) is 15.4. The van der Waals surface area contributed by atoms with Gasteiger partial charge in [0.05, 0.1) is 18.6 Å². The predicted molar refractivity (Wildman–Crippen MR) is 110 cm³/mol. The van der Waals surface area contributed by atoms with Crippen LogP contribution >= 0.6 is 11.3 Å². The summed E-state index contributed by atoms with van der Waals surface area (Å²) in [4.78, 5) is 17.2. The molecule has 140 valence electrons. The van der Waals surface area contributed by atoms with Crippen LogP contribution in [0, 0.1) is 0 Å². The van der Waals surface area contributed by atoms with Gasteiger partial charge in [-0.1, -0.05) is 0 Å². The topological polar surface area (TPSA) is 67.5 Å². The van der Waals surface area contributed by atoms with Gasteiger partial charge in [-0.25, -0.2) is 9.97 Å². The number of hydrogen-bond donors (Lipinski definition) is 1. The molecule has 4 heterocycles. The molecule has 6 nitrogen and oxygen atoms in total. The zero-order valence-corrected chi connectivity index (χ0v) is 16.3. The Labute approximate surface area is 162 Å². The second-order valence-corrected chi connectivity index (χ2v) is 8.35. The number of aromatic nitrogens is 2. The van der Waals surface area contributed by atoms with Gasteiger partial charge < -0.3 is 20.3 Å². The number of ether oxygens (including phenoxy) is 1. The van der Waals surface area contributed by atoms with Crippen LogP contribution in [0.15, 0.2) is 24.3 Å². The van der Waals surface area contributed by atoms with Gasteiger partial charge in [0.15, 0.2) is 5.82 Å². The molecular formula is C20H23N5OS. The molecule has 0 saturated carbocycles. The van der Waals surface area contributed by atoms with Gasteiger partial charge in [-0.05, 0) is 43.3 Å². The molecule has 2 aliphatic rings. The van der Waals surface area contributed by atoms with Crippen LogP contribution in [0.4, 0.5) is 11.5 Å². The Hall–Kier alpha value is -2.22. The second-order valence-electron chi connectivity index (χ2n) is 7.26. The third-order valence-electron chi connectivity index (χ3n) is 5.35. The fourth-order valence-corrected chi connectivity index (χ4v) is 5.16. The Morgan fingerprint density at radius 1 is 1.07 bits per heavy atom. The molecule has 7 heteroatoms. The van der Waals surface area contributed by atoms with E-state index in [0.29, 0.717) is 0 Å². The first-order chi connectivity index (χ1) is 13.2. The van der Waals surface area contributed by atoms with Gasteiger partial charge in [0.2, 0.25) is 0 Å². The van der Waals surface area contributed by atoms with Crippen LogP contribution in [0.25, 0.3) is 21.6 Å². The van der Waals surface area contributed by atoms with E-state index in [1.165, 1.54) is 15.8 Å². The maximum absolute atomic E-state index is 5.86. The zero-order chi connectivity index (χ0) is 18.4. The van der Waals surface area contributed by atoms with E-state index in [1.807, 2.05) is 35.6 Å². The molecule has 2 aliphatic heterocycles. The molecule has 2 N–H and O–H groups in total. The van der Waals surface area contributed by atoms with Crippen molar-refractivity contribution in [1.82, 2.24) is 14.9 Å². The van der Waals surface area contributed by atoms with Crippen molar-refractivity contribution >= 4 is 33.1 Å². The monoisotopic (exact) mass is 381 g/mol. The van der Waals surface area contributed by atoms with Crippen molar-refractivity contribution in [1.29, 1.82) is 0 Å². The fraction of sp³-hybridized carbons (Fsp3) is 0.400. The minimum atomic E-state index is 0.748. The normalized spacial score (nSPS) is 18.0. The molecule has 1 aromatic carbocycles. The third kappa shape index (κ3) is 3.05. The molecule has 27 heavy (non-hydrogen) atoms. The number of benzene rings is 1. The molecule has 0 radical (unpaired) electrons. The van der Waals surface area contributed by atoms with Crippen LogP contribution in [0.2, 0.25) is 0 Å². The average molecular weight is 382 g/mol. The third-order valence-corrected chi connectivity index (χ3v) is 6.46. The number of nitrogens with two attached hydrogens (primary N) is 1. The van der Waals surface area contributed by atoms with E-state index in [4.69, 9.17) is 20.4 Å². The largest absolute Gasteiger partial charge is 0.399 e. The van der Waals surface area contributed by atoms with E-state index < -0.39 is 0 Å². The minimum absolute atomic E-state index is 0.748. The molecule has 1 saturated heterocycles. The van der Waals surface area contributed by atoms with Crippen molar-refractivity contribution in [2.24, 2.45) is 0 Å². The molecule has 0 atom stereocenters. The van der Waals surface area contributed by atoms with E-state index in [9.17, 15) is 0 Å². The number of morpholine rings is 1. The van der Waals surface area contributed by atoms with Crippen molar-refractivity contribution in [3.05, 3.63) is 34.7 Å². The summed E-state index contributed by atoms with van der Waals surface area (Å²) in [5.41, 5.74) is 9.06. The summed E-state index contributed by atoms with van der Waals surface area (Å²) in [5.74, 6) is 1.84. The first-order valence-corrected chi connectivity index (χ1v) is 10.2. The number of likely N-dealkylation sites (N-methyl/N-ethyl adjacent to an activating group) is 1. The molecule has 0 unspecified atom stereocenters. The molecule has 2 aromatic heterocycles. The molecule has 1 fully saturated rings. The number of rotatable bonds is 2. The van der Waals surface area contributed by atoms with Crippen molar-refractivity contribution in [2.45, 2.75) is 13.0 Å². The lowest BCUT2D eigenvalue weighted by molar-refractivity contribution is 0.122. The summed E-state index contributed by atoms with van der Waals surface area (Å²) in [5, 5.41) is 1.25. The van der Waals surface area contributed by atoms with Crippen LogP contribution in [-0.2, 0) is 17.7 Å². The lowest BCUT2D eigenvalue weighted by Gasteiger charge is -2.29. The Kier molecular flexibility index (Phi) is 4.22. The van der Waals surface area contributed by atoms with Gasteiger partial charge in [-0.3, -0.25) is 0 Å². The Bertz CT molecular complexity index is 978. The van der Waals surface area contributed by atoms with E-state index in [-0.39, 0.29) is 0 Å². The molecule has 5 rings (SSSR count). The second kappa shape index (κ2) is 6.74. The average Bonchev–Trinajstić information content (AvgIpc) is 3.05. The van der Waals surface area contributed by atoms with Crippen LogP contribution in [0.3, 0.4) is 0 Å². The van der Waals surface area contributed by atoms with Gasteiger partial charge in [0, 0.05) is 42.3 Å². The first kappa shape index (κ1) is 16.9. The Balaban J connectivity index is 1.70. The lowest BCUT2D eigenvalue weighted by Crippen LogP contribution is -2.37. The van der Waals surface area contributed by atoms with Crippen LogP contribution in [0.1, 0.15) is 10.4 Å². The highest BCUT2D eigenvalue weighted by Crippen LogP contribution is 2.40. The Morgan fingerprint density at radius 3 is 2.63 bits per heavy atom.